The standard InChI is InChI=1S/C58H39NO/c1-3-12-40(13-4-1)42-22-24-44(25-23-42)45-30-34-50(35-31-45)59(52-18-11-17-48(38-52)46-28-26-43(27-29-46)41-14-5-2-6-15-41)51-36-32-47(33-37-51)57-53-19-8-7-16-49(53)39-55-54-20-9-10-21-56(54)60-58(55)57/h1-39H. The molecule has 0 aliphatic rings. The summed E-state index contributed by atoms with van der Waals surface area (Å²) in [5.41, 5.74) is 16.8. The second-order valence-corrected chi connectivity index (χ2v) is 15.3. The fourth-order valence-corrected chi connectivity index (χ4v) is 8.63. The van der Waals surface area contributed by atoms with Crippen molar-refractivity contribution in [3.8, 4) is 55.6 Å². The summed E-state index contributed by atoms with van der Waals surface area (Å²) in [5.74, 6) is 0. The molecular weight excluding hydrogens is 727 g/mol. The van der Waals surface area contributed by atoms with E-state index in [0.717, 1.165) is 55.7 Å². The van der Waals surface area contributed by atoms with Gasteiger partial charge in [0.25, 0.3) is 0 Å². The predicted molar refractivity (Wildman–Crippen MR) is 253 cm³/mol. The van der Waals surface area contributed by atoms with Crippen LogP contribution in [0.15, 0.2) is 241 Å². The Morgan fingerprint density at radius 1 is 0.267 bits per heavy atom. The molecule has 0 aliphatic carbocycles. The Morgan fingerprint density at radius 2 is 0.700 bits per heavy atom. The molecule has 2 heteroatoms. The molecule has 0 amide bonds. The van der Waals surface area contributed by atoms with Gasteiger partial charge in [0, 0.05) is 33.4 Å². The van der Waals surface area contributed by atoms with Crippen LogP contribution in [0.5, 0.6) is 0 Å². The molecule has 11 rings (SSSR count). The maximum atomic E-state index is 6.62. The molecule has 2 nitrogen and oxygen atoms in total. The van der Waals surface area contributed by atoms with Gasteiger partial charge in [-0.25, -0.2) is 0 Å². The minimum Gasteiger partial charge on any atom is -0.455 e. The van der Waals surface area contributed by atoms with Gasteiger partial charge in [-0.1, -0.05) is 188 Å². The average molecular weight is 766 g/mol. The molecule has 0 fully saturated rings. The monoisotopic (exact) mass is 765 g/mol. The van der Waals surface area contributed by atoms with E-state index in [9.17, 15) is 0 Å². The van der Waals surface area contributed by atoms with E-state index < -0.39 is 0 Å². The second-order valence-electron chi connectivity index (χ2n) is 15.3. The average Bonchev–Trinajstić information content (AvgIpc) is 3.70. The Balaban J connectivity index is 0.995. The Labute approximate surface area is 349 Å². The van der Waals surface area contributed by atoms with Gasteiger partial charge >= 0.3 is 0 Å². The van der Waals surface area contributed by atoms with Crippen molar-refractivity contribution < 1.29 is 4.42 Å². The smallest absolute Gasteiger partial charge is 0.143 e. The normalized spacial score (nSPS) is 11.3. The summed E-state index contributed by atoms with van der Waals surface area (Å²) in [6.07, 6.45) is 0. The zero-order chi connectivity index (χ0) is 39.8. The third-order valence-corrected chi connectivity index (χ3v) is 11.7. The topological polar surface area (TPSA) is 16.4 Å². The fourth-order valence-electron chi connectivity index (χ4n) is 8.63. The molecule has 11 aromatic rings. The van der Waals surface area contributed by atoms with Crippen LogP contribution in [0.3, 0.4) is 0 Å². The Bertz CT molecular complexity index is 3260. The highest BCUT2D eigenvalue weighted by molar-refractivity contribution is 6.18. The van der Waals surface area contributed by atoms with Gasteiger partial charge in [0.1, 0.15) is 11.2 Å². The van der Waals surface area contributed by atoms with Gasteiger partial charge in [-0.3, -0.25) is 0 Å². The Hall–Kier alpha value is -7.94. The van der Waals surface area contributed by atoms with E-state index in [0.29, 0.717) is 0 Å². The molecule has 1 aromatic heterocycles. The Morgan fingerprint density at radius 3 is 1.28 bits per heavy atom. The van der Waals surface area contributed by atoms with Gasteiger partial charge in [-0.15, -0.1) is 0 Å². The van der Waals surface area contributed by atoms with Crippen LogP contribution in [0.4, 0.5) is 17.1 Å². The lowest BCUT2D eigenvalue weighted by Gasteiger charge is -2.26. The molecule has 0 aliphatic heterocycles. The molecule has 0 spiro atoms. The molecule has 0 N–H and O–H groups in total. The van der Waals surface area contributed by atoms with Crippen LogP contribution in [-0.2, 0) is 0 Å². The molecule has 0 saturated heterocycles. The van der Waals surface area contributed by atoms with Gasteiger partial charge in [-0.2, -0.15) is 0 Å². The molecule has 60 heavy (non-hydrogen) atoms. The number of nitrogens with zero attached hydrogens (tertiary/aromatic N) is 1. The number of rotatable bonds is 8. The summed E-state index contributed by atoms with van der Waals surface area (Å²) in [7, 11) is 0. The minimum atomic E-state index is 0.900. The molecule has 282 valence electrons. The highest BCUT2D eigenvalue weighted by Gasteiger charge is 2.19. The lowest BCUT2D eigenvalue weighted by atomic mass is 9.95. The summed E-state index contributed by atoms with van der Waals surface area (Å²) >= 11 is 0. The maximum absolute atomic E-state index is 6.62. The highest BCUT2D eigenvalue weighted by atomic mass is 16.3. The van der Waals surface area contributed by atoms with Crippen molar-refractivity contribution in [2.45, 2.75) is 0 Å². The SMILES string of the molecule is c1ccc(-c2ccc(-c3ccc(N(c4ccc(-c5c6ccccc6cc6c5oc5ccccc56)cc4)c4cccc(-c5ccc(-c6ccccc6)cc5)c4)cc3)cc2)cc1. The van der Waals surface area contributed by atoms with Gasteiger partial charge < -0.3 is 9.32 Å². The molecule has 0 radical (unpaired) electrons. The quantitative estimate of drug-likeness (QED) is 0.153. The first kappa shape index (κ1) is 35.2. The van der Waals surface area contributed by atoms with Crippen molar-refractivity contribution in [1.82, 2.24) is 0 Å². The van der Waals surface area contributed by atoms with Crippen molar-refractivity contribution in [1.29, 1.82) is 0 Å². The van der Waals surface area contributed by atoms with E-state index in [1.165, 1.54) is 49.7 Å². The van der Waals surface area contributed by atoms with E-state index >= 15 is 0 Å². The van der Waals surface area contributed by atoms with Crippen LogP contribution < -0.4 is 4.90 Å². The fraction of sp³-hybridized carbons (Fsp3) is 0. The van der Waals surface area contributed by atoms with Crippen LogP contribution in [0.2, 0.25) is 0 Å². The summed E-state index contributed by atoms with van der Waals surface area (Å²) in [5, 5.41) is 4.63. The summed E-state index contributed by atoms with van der Waals surface area (Å²) < 4.78 is 6.62. The molecule has 0 bridgehead atoms. The van der Waals surface area contributed by atoms with E-state index in [4.69, 9.17) is 4.42 Å². The van der Waals surface area contributed by atoms with Crippen LogP contribution in [-0.4, -0.2) is 0 Å². The second kappa shape index (κ2) is 15.1. The zero-order valence-electron chi connectivity index (χ0n) is 32.9. The van der Waals surface area contributed by atoms with E-state index in [-0.39, 0.29) is 0 Å². The summed E-state index contributed by atoms with van der Waals surface area (Å²) in [6, 6.07) is 84.8. The maximum Gasteiger partial charge on any atom is 0.143 e. The van der Waals surface area contributed by atoms with Crippen molar-refractivity contribution in [3.63, 3.8) is 0 Å². The first-order chi connectivity index (χ1) is 29.7. The molecule has 0 saturated carbocycles. The molecular formula is C58H39NO. The van der Waals surface area contributed by atoms with Crippen LogP contribution in [0, 0.1) is 0 Å². The van der Waals surface area contributed by atoms with Gasteiger partial charge in [-0.05, 0) is 109 Å². The predicted octanol–water partition coefficient (Wildman–Crippen LogP) is 16.5. The van der Waals surface area contributed by atoms with Gasteiger partial charge in [0.2, 0.25) is 0 Å². The molecule has 10 aromatic carbocycles. The van der Waals surface area contributed by atoms with Crippen molar-refractivity contribution in [2.75, 3.05) is 4.90 Å². The van der Waals surface area contributed by atoms with Crippen molar-refractivity contribution >= 4 is 49.8 Å². The zero-order valence-corrected chi connectivity index (χ0v) is 32.9. The van der Waals surface area contributed by atoms with Crippen LogP contribution in [0.25, 0.3) is 88.3 Å². The van der Waals surface area contributed by atoms with E-state index in [1.807, 2.05) is 6.07 Å². The number of fused-ring (bicyclic) bond motifs is 4. The number of benzene rings is 10. The molecule has 0 atom stereocenters. The van der Waals surface area contributed by atoms with Crippen LogP contribution in [0.1, 0.15) is 0 Å². The lowest BCUT2D eigenvalue weighted by molar-refractivity contribution is 0.670. The first-order valence-corrected chi connectivity index (χ1v) is 20.5. The number of furan rings is 1. The molecule has 1 heterocycles. The number of anilines is 3. The summed E-state index contributed by atoms with van der Waals surface area (Å²) in [4.78, 5) is 2.35. The minimum absolute atomic E-state index is 0.900. The number of hydrogen-bond acceptors (Lipinski definition) is 2. The van der Waals surface area contributed by atoms with Crippen LogP contribution >= 0.6 is 0 Å². The van der Waals surface area contributed by atoms with E-state index in [2.05, 4.69) is 235 Å². The highest BCUT2D eigenvalue weighted by Crippen LogP contribution is 2.43. The van der Waals surface area contributed by atoms with Crippen molar-refractivity contribution in [3.05, 3.63) is 237 Å². The van der Waals surface area contributed by atoms with E-state index in [1.54, 1.807) is 0 Å². The number of para-hydroxylation sites is 1. The van der Waals surface area contributed by atoms with Gasteiger partial charge in [0.15, 0.2) is 0 Å². The Kier molecular flexibility index (Phi) is 8.87. The van der Waals surface area contributed by atoms with Crippen molar-refractivity contribution in [2.24, 2.45) is 0 Å². The van der Waals surface area contributed by atoms with Gasteiger partial charge in [0.05, 0.1) is 0 Å². The summed E-state index contributed by atoms with van der Waals surface area (Å²) in [6.45, 7) is 0. The largest absolute Gasteiger partial charge is 0.455 e. The number of hydrogen-bond donors (Lipinski definition) is 0. The molecule has 0 unspecified atom stereocenters. The third kappa shape index (κ3) is 6.51. The third-order valence-electron chi connectivity index (χ3n) is 11.7. The first-order valence-electron chi connectivity index (χ1n) is 20.5. The lowest BCUT2D eigenvalue weighted by Crippen LogP contribution is -2.10.